The molecule has 1 saturated heterocycles. The van der Waals surface area contributed by atoms with Crippen LogP contribution in [0, 0.1) is 6.92 Å². The molecular formula is C16H22N2O2. The molecule has 4 heteroatoms. The standard InChI is InChI=1S/C16H22N2O2/c1-12-7-9-13(10-8-12)17-14-6-5-11-18(14)15(19)20-16(2,3)4/h7-10H,5-6,11H2,1-4H3. The first-order valence-electron chi connectivity index (χ1n) is 7.00. The van der Waals surface area contributed by atoms with Crippen LogP contribution in [0.1, 0.15) is 39.2 Å². The Morgan fingerprint density at radius 2 is 1.90 bits per heavy atom. The molecule has 1 amide bonds. The van der Waals surface area contributed by atoms with Crippen molar-refractivity contribution >= 4 is 17.6 Å². The third kappa shape index (κ3) is 3.83. The predicted molar refractivity (Wildman–Crippen MR) is 80.4 cm³/mol. The van der Waals surface area contributed by atoms with Crippen molar-refractivity contribution in [3.63, 3.8) is 0 Å². The molecule has 0 aromatic heterocycles. The first-order chi connectivity index (χ1) is 9.35. The van der Waals surface area contributed by atoms with Gasteiger partial charge in [0.1, 0.15) is 11.4 Å². The summed E-state index contributed by atoms with van der Waals surface area (Å²) in [5.41, 5.74) is 1.60. The van der Waals surface area contributed by atoms with E-state index in [2.05, 4.69) is 4.99 Å². The Morgan fingerprint density at radius 1 is 1.25 bits per heavy atom. The normalized spacial score (nSPS) is 17.6. The molecule has 0 atom stereocenters. The van der Waals surface area contributed by atoms with Crippen LogP contribution in [-0.2, 0) is 4.74 Å². The molecule has 0 saturated carbocycles. The largest absolute Gasteiger partial charge is 0.443 e. The first kappa shape index (κ1) is 14.6. The molecule has 108 valence electrons. The molecule has 0 N–H and O–H groups in total. The summed E-state index contributed by atoms with van der Waals surface area (Å²) >= 11 is 0. The van der Waals surface area contributed by atoms with Gasteiger partial charge in [-0.1, -0.05) is 17.7 Å². The molecule has 1 aliphatic heterocycles. The van der Waals surface area contributed by atoms with Crippen LogP contribution in [0.2, 0.25) is 0 Å². The SMILES string of the molecule is Cc1ccc(N=C2CCCN2C(=O)OC(C)(C)C)cc1. The summed E-state index contributed by atoms with van der Waals surface area (Å²) in [4.78, 5) is 18.4. The van der Waals surface area contributed by atoms with E-state index in [0.29, 0.717) is 6.54 Å². The van der Waals surface area contributed by atoms with Gasteiger partial charge >= 0.3 is 6.09 Å². The third-order valence-electron chi connectivity index (χ3n) is 3.00. The Labute approximate surface area is 120 Å². The molecule has 0 aliphatic carbocycles. The highest BCUT2D eigenvalue weighted by Gasteiger charge is 2.29. The fourth-order valence-corrected chi connectivity index (χ4v) is 2.06. The minimum atomic E-state index is -0.478. The number of hydrogen-bond acceptors (Lipinski definition) is 3. The van der Waals surface area contributed by atoms with Gasteiger partial charge in [0.05, 0.1) is 5.69 Å². The van der Waals surface area contributed by atoms with Crippen molar-refractivity contribution in [2.45, 2.75) is 46.1 Å². The van der Waals surface area contributed by atoms with Gasteiger partial charge in [0.15, 0.2) is 0 Å². The second-order valence-corrected chi connectivity index (χ2v) is 6.10. The maximum absolute atomic E-state index is 12.1. The average molecular weight is 274 g/mol. The lowest BCUT2D eigenvalue weighted by molar-refractivity contribution is 0.0383. The summed E-state index contributed by atoms with van der Waals surface area (Å²) in [6.45, 7) is 8.34. The maximum atomic E-state index is 12.1. The zero-order chi connectivity index (χ0) is 14.8. The Kier molecular flexibility index (Phi) is 4.12. The summed E-state index contributed by atoms with van der Waals surface area (Å²) in [5, 5.41) is 0. The number of likely N-dealkylation sites (tertiary alicyclic amines) is 1. The number of aryl methyl sites for hydroxylation is 1. The van der Waals surface area contributed by atoms with Crippen molar-refractivity contribution in [1.29, 1.82) is 0 Å². The van der Waals surface area contributed by atoms with E-state index in [4.69, 9.17) is 4.74 Å². The van der Waals surface area contributed by atoms with Crippen molar-refractivity contribution in [3.8, 4) is 0 Å². The summed E-state index contributed by atoms with van der Waals surface area (Å²) in [7, 11) is 0. The second-order valence-electron chi connectivity index (χ2n) is 6.10. The monoisotopic (exact) mass is 274 g/mol. The number of hydrogen-bond donors (Lipinski definition) is 0. The number of amides is 1. The second kappa shape index (κ2) is 5.65. The minimum Gasteiger partial charge on any atom is -0.443 e. The van der Waals surface area contributed by atoms with E-state index in [1.807, 2.05) is 52.0 Å². The number of nitrogens with zero attached hydrogens (tertiary/aromatic N) is 2. The number of carbonyl (C=O) groups excluding carboxylic acids is 1. The molecule has 1 fully saturated rings. The van der Waals surface area contributed by atoms with E-state index < -0.39 is 5.60 Å². The third-order valence-corrected chi connectivity index (χ3v) is 3.00. The fourth-order valence-electron chi connectivity index (χ4n) is 2.06. The Morgan fingerprint density at radius 3 is 2.50 bits per heavy atom. The van der Waals surface area contributed by atoms with Gasteiger partial charge in [0.25, 0.3) is 0 Å². The molecule has 2 rings (SSSR count). The van der Waals surface area contributed by atoms with Crippen molar-refractivity contribution < 1.29 is 9.53 Å². The van der Waals surface area contributed by atoms with E-state index in [-0.39, 0.29) is 6.09 Å². The molecule has 1 aromatic rings. The number of rotatable bonds is 1. The minimum absolute atomic E-state index is 0.305. The van der Waals surface area contributed by atoms with E-state index in [0.717, 1.165) is 24.4 Å². The summed E-state index contributed by atoms with van der Waals surface area (Å²) in [6, 6.07) is 7.97. The van der Waals surface area contributed by atoms with Crippen molar-refractivity contribution in [1.82, 2.24) is 4.90 Å². The van der Waals surface area contributed by atoms with Crippen LogP contribution in [0.3, 0.4) is 0 Å². The Balaban J connectivity index is 2.14. The lowest BCUT2D eigenvalue weighted by Crippen LogP contribution is -2.37. The van der Waals surface area contributed by atoms with Gasteiger partial charge in [0.2, 0.25) is 0 Å². The van der Waals surface area contributed by atoms with E-state index >= 15 is 0 Å². The van der Waals surface area contributed by atoms with Gasteiger partial charge in [-0.2, -0.15) is 0 Å². The number of amidine groups is 1. The molecular weight excluding hydrogens is 252 g/mol. The highest BCUT2D eigenvalue weighted by Crippen LogP contribution is 2.21. The lowest BCUT2D eigenvalue weighted by Gasteiger charge is -2.24. The van der Waals surface area contributed by atoms with Crippen LogP contribution in [0.5, 0.6) is 0 Å². The smallest absolute Gasteiger partial charge is 0.415 e. The van der Waals surface area contributed by atoms with Gasteiger partial charge in [-0.05, 0) is 46.2 Å². The summed E-state index contributed by atoms with van der Waals surface area (Å²) < 4.78 is 5.41. The first-order valence-corrected chi connectivity index (χ1v) is 7.00. The molecule has 0 radical (unpaired) electrons. The number of benzene rings is 1. The van der Waals surface area contributed by atoms with Crippen LogP contribution in [0.4, 0.5) is 10.5 Å². The highest BCUT2D eigenvalue weighted by atomic mass is 16.6. The predicted octanol–water partition coefficient (Wildman–Crippen LogP) is 4.06. The number of carbonyl (C=O) groups is 1. The van der Waals surface area contributed by atoms with E-state index in [1.54, 1.807) is 4.90 Å². The van der Waals surface area contributed by atoms with Crippen LogP contribution in [-0.4, -0.2) is 29.0 Å². The molecule has 0 unspecified atom stereocenters. The van der Waals surface area contributed by atoms with Gasteiger partial charge in [-0.25, -0.2) is 9.79 Å². The van der Waals surface area contributed by atoms with Crippen molar-refractivity contribution in [2.75, 3.05) is 6.54 Å². The molecule has 4 nitrogen and oxygen atoms in total. The molecule has 1 aromatic carbocycles. The van der Waals surface area contributed by atoms with E-state index in [1.165, 1.54) is 5.56 Å². The van der Waals surface area contributed by atoms with Gasteiger partial charge < -0.3 is 4.74 Å². The lowest BCUT2D eigenvalue weighted by atomic mass is 10.2. The van der Waals surface area contributed by atoms with Crippen LogP contribution >= 0.6 is 0 Å². The maximum Gasteiger partial charge on any atom is 0.415 e. The molecule has 0 spiro atoms. The zero-order valence-electron chi connectivity index (χ0n) is 12.6. The molecule has 1 aliphatic rings. The Bertz CT molecular complexity index is 512. The molecule has 0 bridgehead atoms. The zero-order valence-corrected chi connectivity index (χ0v) is 12.6. The molecule has 20 heavy (non-hydrogen) atoms. The Hall–Kier alpha value is -1.84. The quantitative estimate of drug-likeness (QED) is 0.775. The van der Waals surface area contributed by atoms with Gasteiger partial charge in [-0.15, -0.1) is 0 Å². The van der Waals surface area contributed by atoms with E-state index in [9.17, 15) is 4.79 Å². The van der Waals surface area contributed by atoms with Gasteiger partial charge in [-0.3, -0.25) is 4.90 Å². The topological polar surface area (TPSA) is 41.9 Å². The van der Waals surface area contributed by atoms with Gasteiger partial charge in [0, 0.05) is 13.0 Å². The summed E-state index contributed by atoms with van der Waals surface area (Å²) in [5.74, 6) is 0.795. The average Bonchev–Trinajstić information content (AvgIpc) is 2.78. The summed E-state index contributed by atoms with van der Waals surface area (Å²) in [6.07, 6.45) is 1.44. The number of aliphatic imine (C=N–C) groups is 1. The highest BCUT2D eigenvalue weighted by molar-refractivity contribution is 5.98. The molecule has 1 heterocycles. The van der Waals surface area contributed by atoms with Crippen LogP contribution < -0.4 is 0 Å². The number of ether oxygens (including phenoxy) is 1. The van der Waals surface area contributed by atoms with Crippen molar-refractivity contribution in [3.05, 3.63) is 29.8 Å². The van der Waals surface area contributed by atoms with Crippen LogP contribution in [0.15, 0.2) is 29.3 Å². The van der Waals surface area contributed by atoms with Crippen molar-refractivity contribution in [2.24, 2.45) is 4.99 Å². The van der Waals surface area contributed by atoms with Crippen LogP contribution in [0.25, 0.3) is 0 Å². The fraction of sp³-hybridized carbons (Fsp3) is 0.500.